The van der Waals surface area contributed by atoms with Gasteiger partial charge in [0.2, 0.25) is 5.88 Å². The van der Waals surface area contributed by atoms with E-state index in [0.29, 0.717) is 30.5 Å². The van der Waals surface area contributed by atoms with Gasteiger partial charge in [0.15, 0.2) is 0 Å². The van der Waals surface area contributed by atoms with Crippen molar-refractivity contribution in [1.82, 2.24) is 20.1 Å². The summed E-state index contributed by atoms with van der Waals surface area (Å²) in [5, 5.41) is 7.19. The molecule has 1 saturated heterocycles. The van der Waals surface area contributed by atoms with Gasteiger partial charge in [-0.2, -0.15) is 5.10 Å². The summed E-state index contributed by atoms with van der Waals surface area (Å²) >= 11 is 0. The molecule has 2 aromatic heterocycles. The molecule has 1 amide bonds. The summed E-state index contributed by atoms with van der Waals surface area (Å²) in [6, 6.07) is 3.56. The molecule has 1 aliphatic rings. The van der Waals surface area contributed by atoms with Crippen LogP contribution in [0, 0.1) is 6.92 Å². The van der Waals surface area contributed by atoms with Crippen molar-refractivity contribution < 1.29 is 9.53 Å². The highest BCUT2D eigenvalue weighted by Gasteiger charge is 2.28. The fraction of sp³-hybridized carbons (Fsp3) is 0.471. The highest BCUT2D eigenvalue weighted by molar-refractivity contribution is 5.96. The van der Waals surface area contributed by atoms with Crippen molar-refractivity contribution in [3.8, 4) is 5.88 Å². The summed E-state index contributed by atoms with van der Waals surface area (Å²) in [5.74, 6) is 0.714. The molecule has 0 saturated carbocycles. The van der Waals surface area contributed by atoms with Gasteiger partial charge >= 0.3 is 0 Å². The Balaban J connectivity index is 1.79. The van der Waals surface area contributed by atoms with Crippen molar-refractivity contribution in [2.45, 2.75) is 32.6 Å². The second-order valence-electron chi connectivity index (χ2n) is 5.85. The van der Waals surface area contributed by atoms with Gasteiger partial charge in [0.25, 0.3) is 5.91 Å². The third-order valence-electron chi connectivity index (χ3n) is 4.27. The highest BCUT2D eigenvalue weighted by atomic mass is 16.5. The number of carbonyl (C=O) groups excluding carboxylic acids is 1. The molecule has 122 valence electrons. The highest BCUT2D eigenvalue weighted by Crippen LogP contribution is 2.29. The predicted molar refractivity (Wildman–Crippen MR) is 86.6 cm³/mol. The van der Waals surface area contributed by atoms with Crippen LogP contribution in [0.2, 0.25) is 0 Å². The van der Waals surface area contributed by atoms with Crippen LogP contribution in [0.25, 0.3) is 0 Å². The standard InChI is InChI=1S/C17H22N4O2/c1-3-23-16-14(7-4-8-18-16)17(22)21-9-5-6-13(11-21)15-12(2)10-19-20-15/h4,7-8,10,13H,3,5-6,9,11H2,1-2H3,(H,19,20)/t13-/m0/s1. The zero-order valence-electron chi connectivity index (χ0n) is 13.6. The molecule has 6 nitrogen and oxygen atoms in total. The molecule has 2 aromatic rings. The number of aromatic amines is 1. The molecule has 0 aliphatic carbocycles. The Morgan fingerprint density at radius 3 is 3.13 bits per heavy atom. The third-order valence-corrected chi connectivity index (χ3v) is 4.27. The molecular weight excluding hydrogens is 292 g/mol. The smallest absolute Gasteiger partial charge is 0.259 e. The van der Waals surface area contributed by atoms with Gasteiger partial charge in [-0.05, 0) is 44.4 Å². The van der Waals surface area contributed by atoms with Crippen LogP contribution in [-0.2, 0) is 0 Å². The lowest BCUT2D eigenvalue weighted by molar-refractivity contribution is 0.0700. The Morgan fingerprint density at radius 2 is 2.39 bits per heavy atom. The molecule has 1 aliphatic heterocycles. The third kappa shape index (κ3) is 3.21. The summed E-state index contributed by atoms with van der Waals surface area (Å²) in [7, 11) is 0. The molecule has 3 rings (SSSR count). The maximum absolute atomic E-state index is 12.9. The number of hydrogen-bond donors (Lipinski definition) is 1. The molecule has 0 unspecified atom stereocenters. The lowest BCUT2D eigenvalue weighted by Crippen LogP contribution is -2.39. The van der Waals surface area contributed by atoms with Crippen LogP contribution >= 0.6 is 0 Å². The largest absolute Gasteiger partial charge is 0.477 e. The number of ether oxygens (including phenoxy) is 1. The molecule has 0 aromatic carbocycles. The first-order chi connectivity index (χ1) is 11.2. The minimum absolute atomic E-state index is 0.0107. The van der Waals surface area contributed by atoms with Crippen molar-refractivity contribution in [1.29, 1.82) is 0 Å². The molecule has 1 atom stereocenters. The van der Waals surface area contributed by atoms with Crippen molar-refractivity contribution in [2.24, 2.45) is 0 Å². The van der Waals surface area contributed by atoms with Gasteiger partial charge in [0.05, 0.1) is 12.8 Å². The zero-order chi connectivity index (χ0) is 16.2. The Morgan fingerprint density at radius 1 is 1.52 bits per heavy atom. The number of nitrogens with zero attached hydrogens (tertiary/aromatic N) is 3. The summed E-state index contributed by atoms with van der Waals surface area (Å²) in [4.78, 5) is 19.0. The number of amides is 1. The zero-order valence-corrected chi connectivity index (χ0v) is 13.6. The minimum Gasteiger partial charge on any atom is -0.477 e. The number of carbonyl (C=O) groups is 1. The number of piperidine rings is 1. The first kappa shape index (κ1) is 15.5. The van der Waals surface area contributed by atoms with E-state index in [1.165, 1.54) is 0 Å². The van der Waals surface area contributed by atoms with Gasteiger partial charge in [0.1, 0.15) is 5.56 Å². The molecule has 23 heavy (non-hydrogen) atoms. The molecule has 0 spiro atoms. The van der Waals surface area contributed by atoms with Gasteiger partial charge in [-0.1, -0.05) is 0 Å². The van der Waals surface area contributed by atoms with E-state index in [0.717, 1.165) is 30.6 Å². The number of pyridine rings is 1. The van der Waals surface area contributed by atoms with Gasteiger partial charge in [-0.15, -0.1) is 0 Å². The fourth-order valence-corrected chi connectivity index (χ4v) is 3.14. The van der Waals surface area contributed by atoms with Crippen molar-refractivity contribution in [3.63, 3.8) is 0 Å². The number of likely N-dealkylation sites (tertiary alicyclic amines) is 1. The van der Waals surface area contributed by atoms with E-state index < -0.39 is 0 Å². The number of nitrogens with one attached hydrogen (secondary N) is 1. The summed E-state index contributed by atoms with van der Waals surface area (Å²) in [6.07, 6.45) is 5.54. The normalized spacial score (nSPS) is 18.0. The lowest BCUT2D eigenvalue weighted by Gasteiger charge is -2.32. The molecule has 3 heterocycles. The van der Waals surface area contributed by atoms with Crippen LogP contribution in [0.5, 0.6) is 5.88 Å². The SMILES string of the molecule is CCOc1ncccc1C(=O)N1CCC[C@H](c2[nH]ncc2C)C1. The maximum atomic E-state index is 12.9. The van der Waals surface area contributed by atoms with Gasteiger partial charge in [-0.3, -0.25) is 9.89 Å². The Hall–Kier alpha value is -2.37. The summed E-state index contributed by atoms with van der Waals surface area (Å²) in [6.45, 7) is 5.90. The van der Waals surface area contributed by atoms with E-state index in [1.54, 1.807) is 18.3 Å². The van der Waals surface area contributed by atoms with E-state index in [4.69, 9.17) is 4.74 Å². The lowest BCUT2D eigenvalue weighted by atomic mass is 9.92. The Labute approximate surface area is 135 Å². The van der Waals surface area contributed by atoms with E-state index in [9.17, 15) is 4.79 Å². The first-order valence-corrected chi connectivity index (χ1v) is 8.07. The van der Waals surface area contributed by atoms with Crippen LogP contribution in [0.3, 0.4) is 0 Å². The van der Waals surface area contributed by atoms with E-state index in [1.807, 2.05) is 24.9 Å². The van der Waals surface area contributed by atoms with E-state index >= 15 is 0 Å². The molecular formula is C17H22N4O2. The predicted octanol–water partition coefficient (Wildman–Crippen LogP) is 2.53. The minimum atomic E-state index is -0.0107. The second kappa shape index (κ2) is 6.81. The van der Waals surface area contributed by atoms with Gasteiger partial charge in [0, 0.05) is 30.9 Å². The molecule has 0 bridgehead atoms. The number of aromatic nitrogens is 3. The maximum Gasteiger partial charge on any atom is 0.259 e. The summed E-state index contributed by atoms with van der Waals surface area (Å²) < 4.78 is 5.49. The quantitative estimate of drug-likeness (QED) is 0.941. The van der Waals surface area contributed by atoms with Crippen LogP contribution < -0.4 is 4.74 Å². The number of hydrogen-bond acceptors (Lipinski definition) is 4. The van der Waals surface area contributed by atoms with Gasteiger partial charge < -0.3 is 9.64 Å². The second-order valence-corrected chi connectivity index (χ2v) is 5.85. The molecule has 6 heteroatoms. The topological polar surface area (TPSA) is 71.1 Å². The van der Waals surface area contributed by atoms with Crippen LogP contribution in [0.1, 0.15) is 47.3 Å². The fourth-order valence-electron chi connectivity index (χ4n) is 3.14. The van der Waals surface area contributed by atoms with Crippen LogP contribution in [0.4, 0.5) is 0 Å². The van der Waals surface area contributed by atoms with Crippen molar-refractivity contribution in [3.05, 3.63) is 41.3 Å². The van der Waals surface area contributed by atoms with Crippen LogP contribution in [0.15, 0.2) is 24.5 Å². The Bertz CT molecular complexity index is 683. The average Bonchev–Trinajstić information content (AvgIpc) is 3.01. The Kier molecular flexibility index (Phi) is 4.60. The van der Waals surface area contributed by atoms with Crippen molar-refractivity contribution in [2.75, 3.05) is 19.7 Å². The number of aryl methyl sites for hydroxylation is 1. The average molecular weight is 314 g/mol. The van der Waals surface area contributed by atoms with E-state index in [2.05, 4.69) is 15.2 Å². The van der Waals surface area contributed by atoms with Crippen molar-refractivity contribution >= 4 is 5.91 Å². The number of H-pyrrole nitrogens is 1. The molecule has 1 N–H and O–H groups in total. The molecule has 0 radical (unpaired) electrons. The first-order valence-electron chi connectivity index (χ1n) is 8.07. The number of rotatable bonds is 4. The van der Waals surface area contributed by atoms with Gasteiger partial charge in [-0.25, -0.2) is 4.98 Å². The summed E-state index contributed by atoms with van der Waals surface area (Å²) in [5.41, 5.74) is 2.83. The molecule has 1 fully saturated rings. The monoisotopic (exact) mass is 314 g/mol. The van der Waals surface area contributed by atoms with Crippen LogP contribution in [-0.4, -0.2) is 45.7 Å². The van der Waals surface area contributed by atoms with E-state index in [-0.39, 0.29) is 5.91 Å².